The van der Waals surface area contributed by atoms with Crippen LogP contribution in [-0.4, -0.2) is 15.5 Å². The molecule has 21 heavy (non-hydrogen) atoms. The highest BCUT2D eigenvalue weighted by molar-refractivity contribution is 9.10. The van der Waals surface area contributed by atoms with Crippen LogP contribution in [0.1, 0.15) is 5.56 Å². The third kappa shape index (κ3) is 3.41. The number of imidazole rings is 1. The Bertz CT molecular complexity index is 771. The molecule has 0 spiro atoms. The highest BCUT2D eigenvalue weighted by Gasteiger charge is 2.07. The smallest absolute Gasteiger partial charge is 0.413 e. The number of anilines is 1. The molecule has 0 atom stereocenters. The van der Waals surface area contributed by atoms with Crippen LogP contribution in [0, 0.1) is 0 Å². The van der Waals surface area contributed by atoms with Crippen molar-refractivity contribution in [3.63, 3.8) is 0 Å². The molecule has 0 saturated carbocycles. The Morgan fingerprint density at radius 2 is 2.00 bits per heavy atom. The van der Waals surface area contributed by atoms with E-state index >= 15 is 0 Å². The fourth-order valence-electron chi connectivity index (χ4n) is 1.89. The zero-order valence-electron chi connectivity index (χ0n) is 11.0. The van der Waals surface area contributed by atoms with Gasteiger partial charge in [-0.15, -0.1) is 0 Å². The number of carbonyl (C=O) groups excluding carboxylic acids is 1. The number of carbonyl (C=O) groups is 1. The molecular weight excluding hydrogens is 334 g/mol. The lowest BCUT2D eigenvalue weighted by Gasteiger charge is -2.04. The SMILES string of the molecule is O=C(Nc1cn2cc(Br)ccc2n1)OCc1ccccc1. The zero-order valence-corrected chi connectivity index (χ0v) is 12.6. The topological polar surface area (TPSA) is 55.6 Å². The van der Waals surface area contributed by atoms with Crippen molar-refractivity contribution in [3.05, 3.63) is 64.9 Å². The number of hydrogen-bond acceptors (Lipinski definition) is 3. The summed E-state index contributed by atoms with van der Waals surface area (Å²) in [5, 5.41) is 2.61. The lowest BCUT2D eigenvalue weighted by molar-refractivity contribution is 0.155. The summed E-state index contributed by atoms with van der Waals surface area (Å²) in [6.45, 7) is 0.228. The van der Waals surface area contributed by atoms with Crippen LogP contribution in [0.25, 0.3) is 5.65 Å². The number of nitrogens with one attached hydrogen (secondary N) is 1. The monoisotopic (exact) mass is 345 g/mol. The van der Waals surface area contributed by atoms with Gasteiger partial charge in [-0.25, -0.2) is 9.78 Å². The summed E-state index contributed by atoms with van der Waals surface area (Å²) in [6.07, 6.45) is 3.06. The third-order valence-electron chi connectivity index (χ3n) is 2.86. The molecule has 0 unspecified atom stereocenters. The maximum absolute atomic E-state index is 11.7. The predicted octanol–water partition coefficient (Wildman–Crippen LogP) is 3.85. The third-order valence-corrected chi connectivity index (χ3v) is 3.33. The molecule has 2 heterocycles. The van der Waals surface area contributed by atoms with Crippen molar-refractivity contribution in [3.8, 4) is 0 Å². The van der Waals surface area contributed by atoms with Crippen LogP contribution in [0.3, 0.4) is 0 Å². The minimum atomic E-state index is -0.527. The van der Waals surface area contributed by atoms with Gasteiger partial charge < -0.3 is 9.14 Å². The molecule has 1 N–H and O–H groups in total. The fraction of sp³-hybridized carbons (Fsp3) is 0.0667. The van der Waals surface area contributed by atoms with Gasteiger partial charge in [-0.1, -0.05) is 30.3 Å². The molecule has 1 aromatic carbocycles. The summed E-state index contributed by atoms with van der Waals surface area (Å²) in [5.41, 5.74) is 1.68. The van der Waals surface area contributed by atoms with E-state index in [1.54, 1.807) is 6.20 Å². The standard InChI is InChI=1S/C15H12BrN3O2/c16-12-6-7-14-17-13(9-19(14)8-12)18-15(20)21-10-11-4-2-1-3-5-11/h1-9H,10H2,(H,18,20). The van der Waals surface area contributed by atoms with Gasteiger partial charge in [0.05, 0.1) is 6.20 Å². The van der Waals surface area contributed by atoms with Crippen LogP contribution in [0.5, 0.6) is 0 Å². The molecular formula is C15H12BrN3O2. The van der Waals surface area contributed by atoms with E-state index in [2.05, 4.69) is 26.2 Å². The van der Waals surface area contributed by atoms with Crippen LogP contribution in [0.4, 0.5) is 10.6 Å². The highest BCUT2D eigenvalue weighted by atomic mass is 79.9. The van der Waals surface area contributed by atoms with Gasteiger partial charge in [0.25, 0.3) is 0 Å². The summed E-state index contributed by atoms with van der Waals surface area (Å²) in [5.74, 6) is 0.450. The van der Waals surface area contributed by atoms with Gasteiger partial charge in [0, 0.05) is 10.7 Å². The number of benzene rings is 1. The molecule has 0 aliphatic rings. The van der Waals surface area contributed by atoms with Crippen LogP contribution >= 0.6 is 15.9 Å². The summed E-state index contributed by atoms with van der Waals surface area (Å²) < 4.78 is 7.90. The maximum Gasteiger partial charge on any atom is 0.413 e. The summed E-state index contributed by atoms with van der Waals surface area (Å²) >= 11 is 3.38. The van der Waals surface area contributed by atoms with E-state index in [1.807, 2.05) is 53.1 Å². The highest BCUT2D eigenvalue weighted by Crippen LogP contribution is 2.15. The molecule has 0 aliphatic heterocycles. The summed E-state index contributed by atoms with van der Waals surface area (Å²) in [6, 6.07) is 13.3. The Labute approximate surface area is 129 Å². The molecule has 0 aliphatic carbocycles. The van der Waals surface area contributed by atoms with Crippen molar-refractivity contribution >= 4 is 33.5 Å². The Hall–Kier alpha value is -2.34. The number of rotatable bonds is 3. The van der Waals surface area contributed by atoms with Crippen LogP contribution < -0.4 is 5.32 Å². The summed E-state index contributed by atoms with van der Waals surface area (Å²) in [4.78, 5) is 16.0. The molecule has 3 rings (SSSR count). The number of fused-ring (bicyclic) bond motifs is 1. The summed E-state index contributed by atoms with van der Waals surface area (Å²) in [7, 11) is 0. The minimum Gasteiger partial charge on any atom is -0.444 e. The largest absolute Gasteiger partial charge is 0.444 e. The van der Waals surface area contributed by atoms with E-state index in [4.69, 9.17) is 4.74 Å². The Morgan fingerprint density at radius 1 is 1.19 bits per heavy atom. The number of aromatic nitrogens is 2. The van der Waals surface area contributed by atoms with E-state index in [1.165, 1.54) is 0 Å². The lowest BCUT2D eigenvalue weighted by Crippen LogP contribution is -2.13. The lowest BCUT2D eigenvalue weighted by atomic mass is 10.2. The van der Waals surface area contributed by atoms with E-state index < -0.39 is 6.09 Å². The minimum absolute atomic E-state index is 0.228. The second kappa shape index (κ2) is 5.97. The van der Waals surface area contributed by atoms with Crippen molar-refractivity contribution in [1.29, 1.82) is 0 Å². The molecule has 106 valence electrons. The molecule has 3 aromatic rings. The first kappa shape index (κ1) is 13.6. The molecule has 2 aromatic heterocycles. The normalized spacial score (nSPS) is 10.5. The van der Waals surface area contributed by atoms with Gasteiger partial charge in [-0.05, 0) is 33.6 Å². The van der Waals surface area contributed by atoms with E-state index in [9.17, 15) is 4.79 Å². The fourth-order valence-corrected chi connectivity index (χ4v) is 2.24. The zero-order chi connectivity index (χ0) is 14.7. The molecule has 0 radical (unpaired) electrons. The number of halogens is 1. The van der Waals surface area contributed by atoms with Crippen LogP contribution in [0.15, 0.2) is 59.3 Å². The van der Waals surface area contributed by atoms with Gasteiger partial charge in [0.1, 0.15) is 12.3 Å². The van der Waals surface area contributed by atoms with E-state index in [-0.39, 0.29) is 6.61 Å². The first-order chi connectivity index (χ1) is 10.2. The van der Waals surface area contributed by atoms with Gasteiger partial charge in [-0.2, -0.15) is 0 Å². The molecule has 0 fully saturated rings. The first-order valence-electron chi connectivity index (χ1n) is 6.33. The van der Waals surface area contributed by atoms with Crippen LogP contribution in [0.2, 0.25) is 0 Å². The van der Waals surface area contributed by atoms with Gasteiger partial charge in [0.15, 0.2) is 5.82 Å². The number of pyridine rings is 1. The average molecular weight is 346 g/mol. The van der Waals surface area contributed by atoms with E-state index in [0.29, 0.717) is 5.82 Å². The van der Waals surface area contributed by atoms with Crippen molar-refractivity contribution in [2.45, 2.75) is 6.61 Å². The molecule has 5 nitrogen and oxygen atoms in total. The number of amides is 1. The second-order valence-electron chi connectivity index (χ2n) is 4.43. The van der Waals surface area contributed by atoms with Crippen molar-refractivity contribution in [1.82, 2.24) is 9.38 Å². The Balaban J connectivity index is 1.63. The van der Waals surface area contributed by atoms with Crippen molar-refractivity contribution in [2.24, 2.45) is 0 Å². The molecule has 0 saturated heterocycles. The maximum atomic E-state index is 11.7. The quantitative estimate of drug-likeness (QED) is 0.784. The van der Waals surface area contributed by atoms with Gasteiger partial charge in [-0.3, -0.25) is 5.32 Å². The molecule has 1 amide bonds. The van der Waals surface area contributed by atoms with Gasteiger partial charge in [0.2, 0.25) is 0 Å². The number of hydrogen-bond donors (Lipinski definition) is 1. The molecule has 6 heteroatoms. The number of ether oxygens (including phenoxy) is 1. The van der Waals surface area contributed by atoms with Crippen molar-refractivity contribution in [2.75, 3.05) is 5.32 Å². The second-order valence-corrected chi connectivity index (χ2v) is 5.34. The Kier molecular flexibility index (Phi) is 3.87. The van der Waals surface area contributed by atoms with Gasteiger partial charge >= 0.3 is 6.09 Å². The number of nitrogens with zero attached hydrogens (tertiary/aromatic N) is 2. The predicted molar refractivity (Wildman–Crippen MR) is 83.1 cm³/mol. The van der Waals surface area contributed by atoms with E-state index in [0.717, 1.165) is 15.7 Å². The Morgan fingerprint density at radius 3 is 2.81 bits per heavy atom. The first-order valence-corrected chi connectivity index (χ1v) is 7.12. The average Bonchev–Trinajstić information content (AvgIpc) is 2.87. The molecule has 0 bridgehead atoms. The van der Waals surface area contributed by atoms with Crippen molar-refractivity contribution < 1.29 is 9.53 Å². The van der Waals surface area contributed by atoms with Crippen LogP contribution in [-0.2, 0) is 11.3 Å².